The van der Waals surface area contributed by atoms with E-state index in [1.54, 1.807) is 0 Å². The fourth-order valence-corrected chi connectivity index (χ4v) is 2.42. The van der Waals surface area contributed by atoms with Crippen molar-refractivity contribution in [2.45, 2.75) is 39.5 Å². The fourth-order valence-electron chi connectivity index (χ4n) is 2.42. The molecule has 0 aliphatic heterocycles. The Labute approximate surface area is 193 Å². The summed E-state index contributed by atoms with van der Waals surface area (Å²) >= 11 is 0. The summed E-state index contributed by atoms with van der Waals surface area (Å²) in [4.78, 5) is 0. The molecule has 0 spiro atoms. The number of hydrogen-bond acceptors (Lipinski definition) is 0. The standard InChI is InChI=1S/C14H17.C5H5.7CH3.Hf/c1-4-5-12-6-7-13-8-10(2)11(3)9-14(12)13;1-2-4-5-3-1;;;;;;;;/h7-9,12H,4-5H2,1-3H3;1-5H;7*1H3;/q9*-1;. The van der Waals surface area contributed by atoms with Crippen LogP contribution in [0.25, 0.3) is 6.08 Å². The average molecular weight is 534 g/mol. The van der Waals surface area contributed by atoms with Crippen molar-refractivity contribution in [3.8, 4) is 0 Å². The molecule has 2 aromatic carbocycles. The van der Waals surface area contributed by atoms with Gasteiger partial charge >= 0.3 is 0 Å². The van der Waals surface area contributed by atoms with E-state index in [1.807, 2.05) is 30.3 Å². The maximum absolute atomic E-state index is 3.45. The van der Waals surface area contributed by atoms with Crippen molar-refractivity contribution in [2.75, 3.05) is 0 Å². The summed E-state index contributed by atoms with van der Waals surface area (Å²) in [7, 11) is 0. The van der Waals surface area contributed by atoms with E-state index < -0.39 is 0 Å². The van der Waals surface area contributed by atoms with Crippen molar-refractivity contribution >= 4 is 6.08 Å². The van der Waals surface area contributed by atoms with E-state index >= 15 is 0 Å². The van der Waals surface area contributed by atoms with Crippen LogP contribution in [-0.4, -0.2) is 0 Å². The minimum Gasteiger partial charge on any atom is -0.358 e. The Morgan fingerprint density at radius 1 is 0.852 bits per heavy atom. The van der Waals surface area contributed by atoms with Gasteiger partial charge in [0.2, 0.25) is 0 Å². The van der Waals surface area contributed by atoms with Gasteiger partial charge in [-0.2, -0.15) is 23.8 Å². The van der Waals surface area contributed by atoms with E-state index in [0.717, 1.165) is 0 Å². The fraction of sp³-hybridized carbons (Fsp3) is 0.231. The van der Waals surface area contributed by atoms with Gasteiger partial charge in [-0.25, -0.2) is 18.2 Å². The molecule has 0 N–H and O–H groups in total. The molecule has 0 saturated carbocycles. The van der Waals surface area contributed by atoms with Gasteiger partial charge < -0.3 is 52.0 Å². The summed E-state index contributed by atoms with van der Waals surface area (Å²) in [6.45, 7) is 6.61. The first-order valence-corrected chi connectivity index (χ1v) is 7.09. The van der Waals surface area contributed by atoms with E-state index in [1.165, 1.54) is 35.1 Å². The molecule has 0 bridgehead atoms. The Morgan fingerprint density at radius 2 is 1.33 bits per heavy atom. The summed E-state index contributed by atoms with van der Waals surface area (Å²) in [6.07, 6.45) is 8.07. The summed E-state index contributed by atoms with van der Waals surface area (Å²) < 4.78 is 0. The molecule has 1 unspecified atom stereocenters. The van der Waals surface area contributed by atoms with Gasteiger partial charge in [0.1, 0.15) is 0 Å². The molecule has 160 valence electrons. The van der Waals surface area contributed by atoms with E-state index in [9.17, 15) is 0 Å². The Hall–Kier alpha value is -0.820. The monoisotopic (exact) mass is 535 g/mol. The molecule has 0 fully saturated rings. The van der Waals surface area contributed by atoms with Crippen LogP contribution in [0.5, 0.6) is 0 Å². The van der Waals surface area contributed by atoms with Gasteiger partial charge in [0, 0.05) is 25.8 Å². The molecule has 0 radical (unpaired) electrons. The SMILES string of the molecule is CCCC1[C-]=Cc2cc(C)c(C)cc21.[CH3-].[CH3-].[CH3-].[CH3-].[CH3-].[CH3-].[CH3-].[Hf].c1cc[cH-]c1. The molecule has 2 aromatic rings. The first-order chi connectivity index (χ1) is 9.22. The Bertz CT molecular complexity index is 518. The zero-order valence-electron chi connectivity index (χ0n) is 19.6. The van der Waals surface area contributed by atoms with Crippen molar-refractivity contribution in [1.82, 2.24) is 0 Å². The normalized spacial score (nSPS) is 11.1. The first-order valence-electron chi connectivity index (χ1n) is 7.09. The van der Waals surface area contributed by atoms with Crippen LogP contribution in [0, 0.1) is 71.9 Å². The predicted octanol–water partition coefficient (Wildman–Crippen LogP) is 8.57. The Kier molecular flexibility index (Phi) is 38.8. The van der Waals surface area contributed by atoms with Crippen LogP contribution in [0.15, 0.2) is 42.5 Å². The molecule has 1 aliphatic rings. The van der Waals surface area contributed by atoms with Gasteiger partial charge in [0.15, 0.2) is 0 Å². The molecular formula is C26H43Hf-9. The third kappa shape index (κ3) is 13.1. The molecule has 1 atom stereocenters. The smallest absolute Gasteiger partial charge is 0 e. The average Bonchev–Trinajstić information content (AvgIpc) is 3.05. The van der Waals surface area contributed by atoms with Gasteiger partial charge in [-0.05, 0) is 13.8 Å². The molecule has 27 heavy (non-hydrogen) atoms. The predicted molar refractivity (Wildman–Crippen MR) is 128 cm³/mol. The van der Waals surface area contributed by atoms with Crippen molar-refractivity contribution in [3.05, 3.63) is 123 Å². The third-order valence-electron chi connectivity index (χ3n) is 3.65. The van der Waals surface area contributed by atoms with Crippen LogP contribution in [0.2, 0.25) is 0 Å². The quantitative estimate of drug-likeness (QED) is 0.268. The Morgan fingerprint density at radius 3 is 1.74 bits per heavy atom. The zero-order chi connectivity index (χ0) is 13.7. The van der Waals surface area contributed by atoms with Gasteiger partial charge in [-0.1, -0.05) is 42.9 Å². The molecule has 1 aliphatic carbocycles. The van der Waals surface area contributed by atoms with Crippen molar-refractivity contribution in [1.29, 1.82) is 0 Å². The molecule has 3 rings (SSSR count). The molecule has 1 heteroatoms. The largest absolute Gasteiger partial charge is 0.358 e. The van der Waals surface area contributed by atoms with Gasteiger partial charge in [-0.3, -0.25) is 6.08 Å². The molecular weight excluding hydrogens is 491 g/mol. The van der Waals surface area contributed by atoms with Crippen molar-refractivity contribution < 1.29 is 25.8 Å². The van der Waals surface area contributed by atoms with Crippen molar-refractivity contribution in [3.63, 3.8) is 0 Å². The number of fused-ring (bicyclic) bond motifs is 1. The number of benzene rings is 1. The van der Waals surface area contributed by atoms with E-state index in [0.29, 0.717) is 5.92 Å². The minimum absolute atomic E-state index is 0. The van der Waals surface area contributed by atoms with E-state index in [4.69, 9.17) is 0 Å². The number of hydrogen-bond donors (Lipinski definition) is 0. The van der Waals surface area contributed by atoms with E-state index in [-0.39, 0.29) is 77.8 Å². The maximum Gasteiger partial charge on any atom is 0 e. The van der Waals surface area contributed by atoms with Gasteiger partial charge in [0.25, 0.3) is 0 Å². The first kappa shape index (κ1) is 45.1. The summed E-state index contributed by atoms with van der Waals surface area (Å²) in [6, 6.07) is 14.6. The van der Waals surface area contributed by atoms with Crippen LogP contribution in [-0.2, 0) is 25.8 Å². The number of aryl methyl sites for hydroxylation is 2. The molecule has 0 saturated heterocycles. The zero-order valence-corrected chi connectivity index (χ0v) is 23.2. The van der Waals surface area contributed by atoms with Crippen LogP contribution < -0.4 is 0 Å². The summed E-state index contributed by atoms with van der Waals surface area (Å²) in [5.41, 5.74) is 5.66. The van der Waals surface area contributed by atoms with Crippen molar-refractivity contribution in [2.24, 2.45) is 0 Å². The second-order valence-corrected chi connectivity index (χ2v) is 5.18. The number of allylic oxidation sites excluding steroid dienone is 1. The third-order valence-corrected chi connectivity index (χ3v) is 3.65. The summed E-state index contributed by atoms with van der Waals surface area (Å²) in [5, 5.41) is 0. The maximum atomic E-state index is 3.45. The van der Waals surface area contributed by atoms with Gasteiger partial charge in [-0.15, -0.1) is 11.6 Å². The van der Waals surface area contributed by atoms with Crippen LogP contribution >= 0.6 is 0 Å². The Balaban J connectivity index is -0.0000000552. The van der Waals surface area contributed by atoms with Crippen LogP contribution in [0.1, 0.15) is 47.9 Å². The molecule has 0 amide bonds. The van der Waals surface area contributed by atoms with E-state index in [2.05, 4.69) is 45.1 Å². The van der Waals surface area contributed by atoms with Gasteiger partial charge in [0.05, 0.1) is 0 Å². The second kappa shape index (κ2) is 23.2. The summed E-state index contributed by atoms with van der Waals surface area (Å²) in [5.74, 6) is 0.550. The molecule has 0 aromatic heterocycles. The molecule has 0 heterocycles. The second-order valence-electron chi connectivity index (χ2n) is 5.18. The topological polar surface area (TPSA) is 0 Å². The molecule has 0 nitrogen and oxygen atoms in total. The minimum atomic E-state index is 0. The van der Waals surface area contributed by atoms with Crippen LogP contribution in [0.4, 0.5) is 0 Å². The number of rotatable bonds is 2. The van der Waals surface area contributed by atoms with Crippen LogP contribution in [0.3, 0.4) is 0 Å².